The van der Waals surface area contributed by atoms with E-state index in [1.807, 2.05) is 29.7 Å². The summed E-state index contributed by atoms with van der Waals surface area (Å²) < 4.78 is 1.99. The number of carbonyl (C=O) groups excluding carboxylic acids is 1. The van der Waals surface area contributed by atoms with E-state index in [4.69, 9.17) is 23.2 Å². The van der Waals surface area contributed by atoms with Crippen molar-refractivity contribution in [3.8, 4) is 11.4 Å². The Balaban J connectivity index is 1.53. The molecule has 0 aliphatic carbocycles. The van der Waals surface area contributed by atoms with Crippen molar-refractivity contribution in [2.45, 2.75) is 25.0 Å². The van der Waals surface area contributed by atoms with Crippen molar-refractivity contribution in [1.29, 1.82) is 0 Å². The Morgan fingerprint density at radius 3 is 2.68 bits per heavy atom. The number of nitrogens with one attached hydrogen (secondary N) is 1. The minimum Gasteiger partial charge on any atom is -0.355 e. The molecule has 0 spiro atoms. The second kappa shape index (κ2) is 9.91. The quantitative estimate of drug-likeness (QED) is 0.538. The van der Waals surface area contributed by atoms with Crippen LogP contribution in [-0.4, -0.2) is 38.0 Å². The standard InChI is InChI=1S/C19H19Cl2N5OS/c1-2-26-18(14-5-8-22-9-6-14)24-25-19(26)28-12-17(27)23-10-7-13-3-4-15(20)11-16(13)21/h3-6,8-9,11H,2,7,10,12H2,1H3,(H,23,27). The normalized spacial score (nSPS) is 10.8. The lowest BCUT2D eigenvalue weighted by atomic mass is 10.1. The van der Waals surface area contributed by atoms with Gasteiger partial charge in [-0.25, -0.2) is 0 Å². The van der Waals surface area contributed by atoms with Crippen LogP contribution in [-0.2, 0) is 17.8 Å². The number of amides is 1. The first-order valence-electron chi connectivity index (χ1n) is 8.75. The summed E-state index contributed by atoms with van der Waals surface area (Å²) in [6, 6.07) is 9.14. The van der Waals surface area contributed by atoms with Gasteiger partial charge in [-0.3, -0.25) is 9.78 Å². The lowest BCUT2D eigenvalue weighted by molar-refractivity contribution is -0.118. The molecule has 2 aromatic heterocycles. The fourth-order valence-electron chi connectivity index (χ4n) is 2.64. The number of benzene rings is 1. The van der Waals surface area contributed by atoms with Gasteiger partial charge in [0.15, 0.2) is 11.0 Å². The Bertz CT molecular complexity index is 949. The molecule has 6 nitrogen and oxygen atoms in total. The molecule has 28 heavy (non-hydrogen) atoms. The minimum absolute atomic E-state index is 0.0637. The topological polar surface area (TPSA) is 72.7 Å². The number of hydrogen-bond acceptors (Lipinski definition) is 5. The van der Waals surface area contributed by atoms with Crippen molar-refractivity contribution in [3.05, 3.63) is 58.3 Å². The number of thioether (sulfide) groups is 1. The molecular formula is C19H19Cl2N5OS. The fraction of sp³-hybridized carbons (Fsp3) is 0.263. The van der Waals surface area contributed by atoms with Gasteiger partial charge in [0.05, 0.1) is 5.75 Å². The molecule has 1 amide bonds. The number of carbonyl (C=O) groups is 1. The lowest BCUT2D eigenvalue weighted by Crippen LogP contribution is -2.27. The van der Waals surface area contributed by atoms with Crippen LogP contribution in [0.15, 0.2) is 47.9 Å². The summed E-state index contributed by atoms with van der Waals surface area (Å²) in [5.74, 6) is 0.972. The summed E-state index contributed by atoms with van der Waals surface area (Å²) in [6.45, 7) is 3.24. The lowest BCUT2D eigenvalue weighted by Gasteiger charge is -2.08. The van der Waals surface area contributed by atoms with Crippen LogP contribution >= 0.6 is 35.0 Å². The zero-order chi connectivity index (χ0) is 19.9. The van der Waals surface area contributed by atoms with Gasteiger partial charge in [0.25, 0.3) is 0 Å². The molecule has 0 bridgehead atoms. The predicted octanol–water partition coefficient (Wildman–Crippen LogP) is 4.12. The number of halogens is 2. The molecule has 0 saturated heterocycles. The van der Waals surface area contributed by atoms with Crippen LogP contribution < -0.4 is 5.32 Å². The van der Waals surface area contributed by atoms with Crippen molar-refractivity contribution in [2.75, 3.05) is 12.3 Å². The number of aromatic nitrogens is 4. The maximum atomic E-state index is 12.2. The van der Waals surface area contributed by atoms with Gasteiger partial charge in [0.2, 0.25) is 5.91 Å². The van der Waals surface area contributed by atoms with Crippen molar-refractivity contribution < 1.29 is 4.79 Å². The average Bonchev–Trinajstić information content (AvgIpc) is 3.11. The van der Waals surface area contributed by atoms with Crippen LogP contribution in [0.3, 0.4) is 0 Å². The highest BCUT2D eigenvalue weighted by Crippen LogP contribution is 2.23. The highest BCUT2D eigenvalue weighted by atomic mass is 35.5. The maximum Gasteiger partial charge on any atom is 0.230 e. The van der Waals surface area contributed by atoms with Gasteiger partial charge in [0.1, 0.15) is 0 Å². The van der Waals surface area contributed by atoms with Crippen LogP contribution in [0.4, 0.5) is 0 Å². The fourth-order valence-corrected chi connectivity index (χ4v) is 3.97. The highest BCUT2D eigenvalue weighted by molar-refractivity contribution is 7.99. The van der Waals surface area contributed by atoms with Crippen LogP contribution in [0, 0.1) is 0 Å². The monoisotopic (exact) mass is 435 g/mol. The molecular weight excluding hydrogens is 417 g/mol. The van der Waals surface area contributed by atoms with Gasteiger partial charge in [-0.05, 0) is 43.2 Å². The minimum atomic E-state index is -0.0637. The van der Waals surface area contributed by atoms with Gasteiger partial charge in [-0.1, -0.05) is 41.0 Å². The summed E-state index contributed by atoms with van der Waals surface area (Å²) in [4.78, 5) is 16.2. The van der Waals surface area contributed by atoms with Crippen molar-refractivity contribution in [1.82, 2.24) is 25.1 Å². The van der Waals surface area contributed by atoms with Crippen LogP contribution in [0.25, 0.3) is 11.4 Å². The van der Waals surface area contributed by atoms with Gasteiger partial charge in [-0.2, -0.15) is 0 Å². The summed E-state index contributed by atoms with van der Waals surface area (Å²) in [5.41, 5.74) is 1.90. The van der Waals surface area contributed by atoms with Crippen LogP contribution in [0.1, 0.15) is 12.5 Å². The molecule has 146 valence electrons. The molecule has 1 aromatic carbocycles. The van der Waals surface area contributed by atoms with E-state index in [-0.39, 0.29) is 11.7 Å². The van der Waals surface area contributed by atoms with Gasteiger partial charge in [0, 0.05) is 41.1 Å². The molecule has 1 N–H and O–H groups in total. The second-order valence-corrected chi connectivity index (χ2v) is 7.70. The largest absolute Gasteiger partial charge is 0.355 e. The number of rotatable bonds is 8. The smallest absolute Gasteiger partial charge is 0.230 e. The Labute approximate surface area is 177 Å². The Morgan fingerprint density at radius 2 is 1.96 bits per heavy atom. The van der Waals surface area contributed by atoms with Crippen molar-refractivity contribution >= 4 is 40.9 Å². The van der Waals surface area contributed by atoms with Gasteiger partial charge < -0.3 is 9.88 Å². The molecule has 0 atom stereocenters. The van der Waals surface area contributed by atoms with Crippen LogP contribution in [0.2, 0.25) is 10.0 Å². The summed E-state index contributed by atoms with van der Waals surface area (Å²) >= 11 is 13.4. The predicted molar refractivity (Wildman–Crippen MR) is 113 cm³/mol. The molecule has 3 aromatic rings. The third-order valence-corrected chi connectivity index (χ3v) is 5.59. The Kier molecular flexibility index (Phi) is 7.30. The number of hydrogen-bond donors (Lipinski definition) is 1. The maximum absolute atomic E-state index is 12.2. The first-order chi connectivity index (χ1) is 13.6. The SMILES string of the molecule is CCn1c(SCC(=O)NCCc2ccc(Cl)cc2Cl)nnc1-c1ccncc1. The average molecular weight is 436 g/mol. The molecule has 0 aliphatic rings. The highest BCUT2D eigenvalue weighted by Gasteiger charge is 2.14. The first-order valence-corrected chi connectivity index (χ1v) is 10.5. The van der Waals surface area contributed by atoms with Crippen LogP contribution in [0.5, 0.6) is 0 Å². The zero-order valence-electron chi connectivity index (χ0n) is 15.2. The van der Waals surface area contributed by atoms with E-state index in [1.54, 1.807) is 24.5 Å². The van der Waals surface area contributed by atoms with E-state index in [2.05, 4.69) is 20.5 Å². The van der Waals surface area contributed by atoms with Crippen molar-refractivity contribution in [3.63, 3.8) is 0 Å². The Morgan fingerprint density at radius 1 is 1.18 bits per heavy atom. The summed E-state index contributed by atoms with van der Waals surface area (Å²) in [7, 11) is 0. The van der Waals surface area contributed by atoms with E-state index in [1.165, 1.54) is 11.8 Å². The zero-order valence-corrected chi connectivity index (χ0v) is 17.6. The third-order valence-electron chi connectivity index (χ3n) is 4.04. The molecule has 0 fully saturated rings. The second-order valence-electron chi connectivity index (χ2n) is 5.91. The molecule has 0 saturated carbocycles. The molecule has 9 heteroatoms. The summed E-state index contributed by atoms with van der Waals surface area (Å²) in [5, 5.41) is 13.3. The summed E-state index contributed by atoms with van der Waals surface area (Å²) in [6.07, 6.45) is 4.08. The number of pyridine rings is 1. The molecule has 2 heterocycles. The third kappa shape index (κ3) is 5.25. The van der Waals surface area contributed by atoms with Crippen molar-refractivity contribution in [2.24, 2.45) is 0 Å². The molecule has 0 radical (unpaired) electrons. The molecule has 3 rings (SSSR count). The Hall–Kier alpha value is -2.09. The molecule has 0 unspecified atom stereocenters. The van der Waals surface area contributed by atoms with E-state index < -0.39 is 0 Å². The van der Waals surface area contributed by atoms with E-state index >= 15 is 0 Å². The van der Waals surface area contributed by atoms with E-state index in [0.717, 1.165) is 17.0 Å². The molecule has 0 aliphatic heterocycles. The van der Waals surface area contributed by atoms with Gasteiger partial charge in [-0.15, -0.1) is 10.2 Å². The first kappa shape index (κ1) is 20.6. The van der Waals surface area contributed by atoms with E-state index in [9.17, 15) is 4.79 Å². The van der Waals surface area contributed by atoms with Gasteiger partial charge >= 0.3 is 0 Å². The van der Waals surface area contributed by atoms with E-state index in [0.29, 0.717) is 34.7 Å². The number of nitrogens with zero attached hydrogens (tertiary/aromatic N) is 4.